The monoisotopic (exact) mass is 386 g/mol. The van der Waals surface area contributed by atoms with Gasteiger partial charge >= 0.3 is 0 Å². The van der Waals surface area contributed by atoms with Gasteiger partial charge in [-0.15, -0.1) is 0 Å². The van der Waals surface area contributed by atoms with Crippen molar-refractivity contribution in [3.8, 4) is 16.9 Å². The highest BCUT2D eigenvalue weighted by Gasteiger charge is 2.18. The lowest BCUT2D eigenvalue weighted by Gasteiger charge is -2.22. The highest BCUT2D eigenvalue weighted by molar-refractivity contribution is 6.11. The van der Waals surface area contributed by atoms with E-state index in [1.54, 1.807) is 18.6 Å². The Labute approximate surface area is 171 Å². The van der Waals surface area contributed by atoms with Crippen LogP contribution in [0.2, 0.25) is 0 Å². The maximum absolute atomic E-state index is 10.3. The molecular weight excluding hydrogens is 360 g/mol. The summed E-state index contributed by atoms with van der Waals surface area (Å²) >= 11 is 0. The van der Waals surface area contributed by atoms with Crippen LogP contribution < -0.4 is 5.32 Å². The second-order valence-corrected chi connectivity index (χ2v) is 8.44. The van der Waals surface area contributed by atoms with E-state index in [1.807, 2.05) is 30.6 Å². The standard InChI is InChI=1S/C25H26N2O2/c1-25(2,3)21-6-5-18-13-27-15-20(23(18)11-21)14-26-12-17-4-7-22(24(28)10-17)19-8-9-29-16-19/h4-11,14-16,26,28H,12-13H2,1-3H3. The molecule has 0 atom stereocenters. The normalized spacial score (nSPS) is 14.8. The number of rotatable bonds is 4. The van der Waals surface area contributed by atoms with Gasteiger partial charge in [0.25, 0.3) is 0 Å². The van der Waals surface area contributed by atoms with E-state index < -0.39 is 0 Å². The maximum Gasteiger partial charge on any atom is 0.123 e. The molecule has 0 unspecified atom stereocenters. The molecule has 4 rings (SSSR count). The average molecular weight is 386 g/mol. The number of nitrogens with one attached hydrogen (secondary N) is 1. The van der Waals surface area contributed by atoms with Crippen LogP contribution in [0.4, 0.5) is 0 Å². The Morgan fingerprint density at radius 2 is 1.97 bits per heavy atom. The number of hydrogen-bond donors (Lipinski definition) is 2. The highest BCUT2D eigenvalue weighted by Crippen LogP contribution is 2.31. The van der Waals surface area contributed by atoms with Crippen molar-refractivity contribution in [1.29, 1.82) is 0 Å². The maximum atomic E-state index is 10.3. The second kappa shape index (κ2) is 7.63. The molecule has 4 nitrogen and oxygen atoms in total. The summed E-state index contributed by atoms with van der Waals surface area (Å²) in [6.45, 7) is 8.03. The fourth-order valence-corrected chi connectivity index (χ4v) is 3.50. The molecule has 1 aliphatic rings. The summed E-state index contributed by atoms with van der Waals surface area (Å²) in [5.41, 5.74) is 7.62. The van der Waals surface area contributed by atoms with Gasteiger partial charge in [0.2, 0.25) is 0 Å². The molecule has 0 aliphatic carbocycles. The number of allylic oxidation sites excluding steroid dienone is 1. The number of fused-ring (bicyclic) bond motifs is 1. The summed E-state index contributed by atoms with van der Waals surface area (Å²) < 4.78 is 5.10. The zero-order chi connectivity index (χ0) is 20.4. The van der Waals surface area contributed by atoms with Crippen molar-refractivity contribution in [2.24, 2.45) is 4.99 Å². The van der Waals surface area contributed by atoms with Crippen LogP contribution in [0.5, 0.6) is 5.75 Å². The summed E-state index contributed by atoms with van der Waals surface area (Å²) in [4.78, 5) is 4.49. The average Bonchev–Trinajstić information content (AvgIpc) is 3.21. The predicted octanol–water partition coefficient (Wildman–Crippen LogP) is 5.66. The smallest absolute Gasteiger partial charge is 0.123 e. The van der Waals surface area contributed by atoms with Gasteiger partial charge in [-0.2, -0.15) is 0 Å². The zero-order valence-electron chi connectivity index (χ0n) is 17.1. The van der Waals surface area contributed by atoms with Gasteiger partial charge in [-0.25, -0.2) is 0 Å². The van der Waals surface area contributed by atoms with Crippen LogP contribution in [0.3, 0.4) is 0 Å². The van der Waals surface area contributed by atoms with Gasteiger partial charge in [-0.1, -0.05) is 51.1 Å². The summed E-state index contributed by atoms with van der Waals surface area (Å²) in [6.07, 6.45) is 7.17. The Bertz CT molecular complexity index is 1070. The van der Waals surface area contributed by atoms with Crippen LogP contribution in [0.15, 0.2) is 70.6 Å². The van der Waals surface area contributed by atoms with E-state index in [1.165, 1.54) is 16.7 Å². The topological polar surface area (TPSA) is 57.8 Å². The third-order valence-electron chi connectivity index (χ3n) is 5.24. The molecular formula is C25H26N2O2. The molecule has 1 aromatic heterocycles. The first-order valence-corrected chi connectivity index (χ1v) is 9.83. The number of phenols is 1. The van der Waals surface area contributed by atoms with Gasteiger partial charge in [0.1, 0.15) is 5.75 Å². The van der Waals surface area contributed by atoms with Crippen LogP contribution in [0.25, 0.3) is 16.7 Å². The Morgan fingerprint density at radius 1 is 1.10 bits per heavy atom. The lowest BCUT2D eigenvalue weighted by molar-refractivity contribution is 0.476. The fourth-order valence-electron chi connectivity index (χ4n) is 3.50. The fraction of sp³-hybridized carbons (Fsp3) is 0.240. The molecule has 0 spiro atoms. The van der Waals surface area contributed by atoms with Crippen molar-refractivity contribution in [2.75, 3.05) is 0 Å². The first-order chi connectivity index (χ1) is 13.9. The zero-order valence-corrected chi connectivity index (χ0v) is 17.1. The summed E-state index contributed by atoms with van der Waals surface area (Å²) in [7, 11) is 0. The van der Waals surface area contributed by atoms with E-state index in [9.17, 15) is 5.11 Å². The van der Waals surface area contributed by atoms with Gasteiger partial charge in [-0.3, -0.25) is 4.99 Å². The van der Waals surface area contributed by atoms with Crippen LogP contribution in [-0.4, -0.2) is 11.3 Å². The van der Waals surface area contributed by atoms with Gasteiger partial charge in [0.15, 0.2) is 0 Å². The predicted molar refractivity (Wildman–Crippen MR) is 118 cm³/mol. The van der Waals surface area contributed by atoms with E-state index in [4.69, 9.17) is 4.42 Å². The minimum atomic E-state index is 0.108. The van der Waals surface area contributed by atoms with E-state index in [2.05, 4.69) is 49.3 Å². The van der Waals surface area contributed by atoms with Crippen LogP contribution >= 0.6 is 0 Å². The SMILES string of the molecule is CC(C)(C)c1ccc2c(c1)C(=CNCc1ccc(-c3ccoc3)c(O)c1)C=NC2. The van der Waals surface area contributed by atoms with E-state index >= 15 is 0 Å². The number of furan rings is 1. The van der Waals surface area contributed by atoms with Crippen molar-refractivity contribution in [1.82, 2.24) is 5.32 Å². The number of hydrogen-bond acceptors (Lipinski definition) is 4. The minimum absolute atomic E-state index is 0.108. The first kappa shape index (κ1) is 19.1. The van der Waals surface area contributed by atoms with Gasteiger partial charge in [0.05, 0.1) is 19.1 Å². The summed E-state index contributed by atoms with van der Waals surface area (Å²) in [6, 6.07) is 14.2. The Hall–Kier alpha value is -3.27. The molecule has 1 aliphatic heterocycles. The second-order valence-electron chi connectivity index (χ2n) is 8.44. The number of aromatic hydroxyl groups is 1. The molecule has 2 aromatic carbocycles. The van der Waals surface area contributed by atoms with Crippen LogP contribution in [0.1, 0.15) is 43.0 Å². The van der Waals surface area contributed by atoms with E-state index in [0.29, 0.717) is 6.54 Å². The largest absolute Gasteiger partial charge is 0.507 e. The van der Waals surface area contributed by atoms with Crippen molar-refractivity contribution in [2.45, 2.75) is 39.3 Å². The summed E-state index contributed by atoms with van der Waals surface area (Å²) in [5.74, 6) is 0.248. The van der Waals surface area contributed by atoms with Crippen molar-refractivity contribution in [3.05, 3.63) is 83.4 Å². The van der Waals surface area contributed by atoms with Gasteiger partial charge in [-0.05, 0) is 39.8 Å². The third kappa shape index (κ3) is 4.11. The molecule has 0 radical (unpaired) electrons. The number of nitrogens with zero attached hydrogens (tertiary/aromatic N) is 1. The van der Waals surface area contributed by atoms with E-state index in [-0.39, 0.29) is 11.2 Å². The lowest BCUT2D eigenvalue weighted by atomic mass is 9.84. The lowest BCUT2D eigenvalue weighted by Crippen LogP contribution is -2.14. The van der Waals surface area contributed by atoms with Gasteiger partial charge < -0.3 is 14.8 Å². The minimum Gasteiger partial charge on any atom is -0.507 e. The highest BCUT2D eigenvalue weighted by atomic mass is 16.3. The number of benzene rings is 2. The molecule has 0 saturated heterocycles. The molecule has 148 valence electrons. The van der Waals surface area contributed by atoms with Gasteiger partial charge in [0, 0.05) is 35.7 Å². The third-order valence-corrected chi connectivity index (χ3v) is 5.24. The molecule has 29 heavy (non-hydrogen) atoms. The molecule has 2 heterocycles. The Balaban J connectivity index is 1.51. The molecule has 4 heteroatoms. The molecule has 2 N–H and O–H groups in total. The molecule has 0 amide bonds. The Kier molecular flexibility index (Phi) is 5.01. The van der Waals surface area contributed by atoms with Crippen molar-refractivity contribution in [3.63, 3.8) is 0 Å². The number of aliphatic imine (C=N–C) groups is 1. The van der Waals surface area contributed by atoms with Crippen molar-refractivity contribution >= 4 is 11.8 Å². The van der Waals surface area contributed by atoms with Crippen LogP contribution in [0, 0.1) is 0 Å². The molecule has 0 saturated carbocycles. The first-order valence-electron chi connectivity index (χ1n) is 9.83. The quantitative estimate of drug-likeness (QED) is 0.608. The molecule has 0 fully saturated rings. The van der Waals surface area contributed by atoms with E-state index in [0.717, 1.165) is 28.8 Å². The molecule has 3 aromatic rings. The number of phenolic OH excluding ortho intramolecular Hbond substituents is 1. The summed E-state index contributed by atoms with van der Waals surface area (Å²) in [5, 5.41) is 13.7. The molecule has 0 bridgehead atoms. The Morgan fingerprint density at radius 3 is 2.69 bits per heavy atom. The van der Waals surface area contributed by atoms with Crippen molar-refractivity contribution < 1.29 is 9.52 Å². The van der Waals surface area contributed by atoms with Crippen LogP contribution in [-0.2, 0) is 18.5 Å².